The molecule has 0 amide bonds. The highest BCUT2D eigenvalue weighted by atomic mass is 35.5. The Morgan fingerprint density at radius 1 is 0.931 bits per heavy atom. The molecule has 3 aromatic rings. The van der Waals surface area contributed by atoms with Gasteiger partial charge in [0.25, 0.3) is 0 Å². The van der Waals surface area contributed by atoms with Gasteiger partial charge in [0.15, 0.2) is 22.5 Å². The SMILES string of the molecule is CCn1c(SCc2ccc(Cl)c(Cl)c2)nnc1-c1cc(OC)c(OC)c(OC)c1. The summed E-state index contributed by atoms with van der Waals surface area (Å²) in [5, 5.41) is 10.7. The lowest BCUT2D eigenvalue weighted by molar-refractivity contribution is 0.324. The average Bonchev–Trinajstić information content (AvgIpc) is 3.16. The van der Waals surface area contributed by atoms with Crippen molar-refractivity contribution in [2.24, 2.45) is 0 Å². The van der Waals surface area contributed by atoms with E-state index in [0.29, 0.717) is 39.6 Å². The van der Waals surface area contributed by atoms with Gasteiger partial charge in [0, 0.05) is 17.9 Å². The van der Waals surface area contributed by atoms with E-state index in [2.05, 4.69) is 10.2 Å². The molecule has 0 fully saturated rings. The summed E-state index contributed by atoms with van der Waals surface area (Å²) in [5.74, 6) is 3.10. The minimum atomic E-state index is 0.538. The molecule has 0 N–H and O–H groups in total. The summed E-state index contributed by atoms with van der Waals surface area (Å²) in [4.78, 5) is 0. The van der Waals surface area contributed by atoms with E-state index in [0.717, 1.165) is 22.1 Å². The molecule has 0 saturated heterocycles. The maximum Gasteiger partial charge on any atom is 0.203 e. The second kappa shape index (κ2) is 9.61. The van der Waals surface area contributed by atoms with Gasteiger partial charge in [-0.1, -0.05) is 41.0 Å². The molecule has 29 heavy (non-hydrogen) atoms. The van der Waals surface area contributed by atoms with Crippen LogP contribution >= 0.6 is 35.0 Å². The van der Waals surface area contributed by atoms with E-state index >= 15 is 0 Å². The first-order valence-electron chi connectivity index (χ1n) is 8.82. The quantitative estimate of drug-likeness (QED) is 0.414. The van der Waals surface area contributed by atoms with E-state index in [4.69, 9.17) is 37.4 Å². The first-order valence-corrected chi connectivity index (χ1v) is 10.6. The molecule has 2 aromatic carbocycles. The number of rotatable bonds is 8. The van der Waals surface area contributed by atoms with Crippen molar-refractivity contribution in [1.82, 2.24) is 14.8 Å². The van der Waals surface area contributed by atoms with Gasteiger partial charge in [-0.3, -0.25) is 0 Å². The van der Waals surface area contributed by atoms with Gasteiger partial charge in [-0.15, -0.1) is 10.2 Å². The molecule has 0 aliphatic rings. The molecular formula is C20H21Cl2N3O3S. The maximum atomic E-state index is 6.11. The average molecular weight is 454 g/mol. The Kier molecular flexibility index (Phi) is 7.16. The van der Waals surface area contributed by atoms with Crippen molar-refractivity contribution in [3.63, 3.8) is 0 Å². The summed E-state index contributed by atoms with van der Waals surface area (Å²) in [5.41, 5.74) is 1.89. The second-order valence-electron chi connectivity index (χ2n) is 6.00. The Bertz CT molecular complexity index is 986. The molecule has 0 radical (unpaired) electrons. The zero-order valence-electron chi connectivity index (χ0n) is 16.5. The van der Waals surface area contributed by atoms with Crippen LogP contribution in [0.4, 0.5) is 0 Å². The van der Waals surface area contributed by atoms with Crippen LogP contribution in [0.25, 0.3) is 11.4 Å². The molecule has 0 saturated carbocycles. The Balaban J connectivity index is 1.92. The van der Waals surface area contributed by atoms with E-state index in [1.54, 1.807) is 39.2 Å². The Hall–Kier alpha value is -2.09. The topological polar surface area (TPSA) is 58.4 Å². The van der Waals surface area contributed by atoms with Crippen molar-refractivity contribution < 1.29 is 14.2 Å². The molecule has 0 spiro atoms. The van der Waals surface area contributed by atoms with Crippen molar-refractivity contribution in [3.8, 4) is 28.6 Å². The van der Waals surface area contributed by atoms with Gasteiger partial charge in [0.05, 0.1) is 31.4 Å². The number of hydrogen-bond donors (Lipinski definition) is 0. The van der Waals surface area contributed by atoms with Crippen LogP contribution in [0.5, 0.6) is 17.2 Å². The van der Waals surface area contributed by atoms with Gasteiger partial charge in [-0.05, 0) is 36.8 Å². The molecule has 0 bridgehead atoms. The number of aromatic nitrogens is 3. The highest BCUT2D eigenvalue weighted by Crippen LogP contribution is 2.41. The van der Waals surface area contributed by atoms with Gasteiger partial charge < -0.3 is 18.8 Å². The first-order chi connectivity index (χ1) is 14.0. The summed E-state index contributed by atoms with van der Waals surface area (Å²) >= 11 is 13.7. The predicted octanol–water partition coefficient (Wildman–Crippen LogP) is 5.59. The number of ether oxygens (including phenoxy) is 3. The molecule has 3 rings (SSSR count). The van der Waals surface area contributed by atoms with Crippen LogP contribution in [0.2, 0.25) is 10.0 Å². The first kappa shape index (κ1) is 21.6. The molecule has 0 aliphatic carbocycles. The highest BCUT2D eigenvalue weighted by Gasteiger charge is 2.19. The van der Waals surface area contributed by atoms with E-state index in [9.17, 15) is 0 Å². The molecule has 6 nitrogen and oxygen atoms in total. The van der Waals surface area contributed by atoms with Crippen LogP contribution in [-0.4, -0.2) is 36.1 Å². The van der Waals surface area contributed by atoms with E-state index in [1.807, 2.05) is 35.8 Å². The molecule has 1 heterocycles. The van der Waals surface area contributed by atoms with Crippen molar-refractivity contribution in [2.45, 2.75) is 24.4 Å². The summed E-state index contributed by atoms with van der Waals surface area (Å²) in [6.07, 6.45) is 0. The summed E-state index contributed by atoms with van der Waals surface area (Å²) in [6.45, 7) is 2.76. The van der Waals surface area contributed by atoms with Gasteiger partial charge in [0.1, 0.15) is 0 Å². The fourth-order valence-electron chi connectivity index (χ4n) is 2.88. The summed E-state index contributed by atoms with van der Waals surface area (Å²) in [7, 11) is 4.75. The Morgan fingerprint density at radius 3 is 2.17 bits per heavy atom. The number of benzene rings is 2. The van der Waals surface area contributed by atoms with Gasteiger partial charge in [-0.2, -0.15) is 0 Å². The molecule has 0 atom stereocenters. The van der Waals surface area contributed by atoms with E-state index in [1.165, 1.54) is 0 Å². The third-order valence-electron chi connectivity index (χ3n) is 4.31. The normalized spacial score (nSPS) is 10.8. The zero-order chi connectivity index (χ0) is 21.0. The number of thioether (sulfide) groups is 1. The van der Waals surface area contributed by atoms with Crippen molar-refractivity contribution in [2.75, 3.05) is 21.3 Å². The fraction of sp³-hybridized carbons (Fsp3) is 0.300. The smallest absolute Gasteiger partial charge is 0.203 e. The van der Waals surface area contributed by atoms with E-state index in [-0.39, 0.29) is 0 Å². The number of hydrogen-bond acceptors (Lipinski definition) is 6. The number of methoxy groups -OCH3 is 3. The van der Waals surface area contributed by atoms with Crippen molar-refractivity contribution in [1.29, 1.82) is 0 Å². The molecule has 0 aliphatic heterocycles. The summed E-state index contributed by atoms with van der Waals surface area (Å²) in [6, 6.07) is 9.35. The fourth-order valence-corrected chi connectivity index (χ4v) is 4.15. The molecular weight excluding hydrogens is 433 g/mol. The second-order valence-corrected chi connectivity index (χ2v) is 7.76. The van der Waals surface area contributed by atoms with Gasteiger partial charge in [-0.25, -0.2) is 0 Å². The highest BCUT2D eigenvalue weighted by molar-refractivity contribution is 7.98. The third-order valence-corrected chi connectivity index (χ3v) is 6.08. The van der Waals surface area contributed by atoms with Crippen LogP contribution in [-0.2, 0) is 12.3 Å². The molecule has 154 valence electrons. The van der Waals surface area contributed by atoms with Crippen LogP contribution in [0.3, 0.4) is 0 Å². The van der Waals surface area contributed by atoms with Crippen LogP contribution in [0, 0.1) is 0 Å². The lowest BCUT2D eigenvalue weighted by Crippen LogP contribution is -2.01. The minimum Gasteiger partial charge on any atom is -0.493 e. The van der Waals surface area contributed by atoms with Gasteiger partial charge in [0.2, 0.25) is 5.75 Å². The maximum absolute atomic E-state index is 6.11. The Morgan fingerprint density at radius 2 is 1.62 bits per heavy atom. The Labute approximate surface area is 184 Å². The van der Waals surface area contributed by atoms with Crippen molar-refractivity contribution in [3.05, 3.63) is 45.9 Å². The summed E-state index contributed by atoms with van der Waals surface area (Å²) < 4.78 is 18.4. The van der Waals surface area contributed by atoms with Crippen LogP contribution in [0.1, 0.15) is 12.5 Å². The lowest BCUT2D eigenvalue weighted by Gasteiger charge is -2.14. The van der Waals surface area contributed by atoms with E-state index < -0.39 is 0 Å². The number of nitrogens with zero attached hydrogens (tertiary/aromatic N) is 3. The molecule has 1 aromatic heterocycles. The van der Waals surface area contributed by atoms with Crippen molar-refractivity contribution >= 4 is 35.0 Å². The van der Waals surface area contributed by atoms with Crippen LogP contribution < -0.4 is 14.2 Å². The van der Waals surface area contributed by atoms with Gasteiger partial charge >= 0.3 is 0 Å². The molecule has 0 unspecified atom stereocenters. The predicted molar refractivity (Wildman–Crippen MR) is 117 cm³/mol. The standard InChI is InChI=1S/C20H21Cl2N3O3S/c1-5-25-19(13-9-16(26-2)18(28-4)17(10-13)27-3)23-24-20(25)29-11-12-6-7-14(21)15(22)8-12/h6-10H,5,11H2,1-4H3. The molecule has 9 heteroatoms. The minimum absolute atomic E-state index is 0.538. The number of halogens is 2. The largest absolute Gasteiger partial charge is 0.493 e. The third kappa shape index (κ3) is 4.57. The van der Waals surface area contributed by atoms with Crippen LogP contribution in [0.15, 0.2) is 35.5 Å². The monoisotopic (exact) mass is 453 g/mol. The zero-order valence-corrected chi connectivity index (χ0v) is 18.9. The lowest BCUT2D eigenvalue weighted by atomic mass is 10.1.